The minimum Gasteiger partial charge on any atom is -0.393 e. The summed E-state index contributed by atoms with van der Waals surface area (Å²) < 4.78 is 0. The molecule has 3 rings (SSSR count). The smallest absolute Gasteiger partial charge is 0.0564 e. The van der Waals surface area contributed by atoms with Gasteiger partial charge < -0.3 is 15.3 Å². The summed E-state index contributed by atoms with van der Waals surface area (Å²) in [6.45, 7) is 5.62. The molecular formula is C20H32N2O. The molecule has 23 heavy (non-hydrogen) atoms. The summed E-state index contributed by atoms with van der Waals surface area (Å²) >= 11 is 0. The largest absolute Gasteiger partial charge is 0.393 e. The maximum absolute atomic E-state index is 9.60. The maximum Gasteiger partial charge on any atom is 0.0564 e. The average molecular weight is 316 g/mol. The molecule has 128 valence electrons. The third kappa shape index (κ3) is 5.59. The average Bonchev–Trinajstić information content (AvgIpc) is 2.59. The second kappa shape index (κ2) is 8.81. The standard InChI is InChI=1S/C20H32N2O/c23-20-10-12-22(13-11-20)16-19-8-6-18(7-9-19)15-21-14-17-4-2-1-3-5-17/h1-5,18-21,23H,6-16H2. The molecule has 0 aromatic heterocycles. The number of hydrogen-bond acceptors (Lipinski definition) is 3. The second-order valence-corrected chi connectivity index (χ2v) is 7.54. The van der Waals surface area contributed by atoms with Crippen LogP contribution in [0.1, 0.15) is 44.1 Å². The molecule has 1 heterocycles. The van der Waals surface area contributed by atoms with E-state index in [2.05, 4.69) is 40.5 Å². The van der Waals surface area contributed by atoms with Gasteiger partial charge in [0, 0.05) is 26.2 Å². The van der Waals surface area contributed by atoms with Gasteiger partial charge in [-0.1, -0.05) is 30.3 Å². The van der Waals surface area contributed by atoms with Crippen molar-refractivity contribution in [2.24, 2.45) is 11.8 Å². The third-order valence-electron chi connectivity index (χ3n) is 5.64. The molecule has 1 aromatic rings. The van der Waals surface area contributed by atoms with Crippen LogP contribution in [-0.2, 0) is 6.54 Å². The zero-order valence-corrected chi connectivity index (χ0v) is 14.3. The van der Waals surface area contributed by atoms with Gasteiger partial charge in [-0.25, -0.2) is 0 Å². The minimum absolute atomic E-state index is 0.0438. The van der Waals surface area contributed by atoms with E-state index in [0.717, 1.165) is 50.9 Å². The van der Waals surface area contributed by atoms with Crippen molar-refractivity contribution < 1.29 is 5.11 Å². The molecule has 0 amide bonds. The van der Waals surface area contributed by atoms with E-state index in [1.165, 1.54) is 37.8 Å². The van der Waals surface area contributed by atoms with E-state index in [1.807, 2.05) is 0 Å². The van der Waals surface area contributed by atoms with Crippen molar-refractivity contribution in [1.82, 2.24) is 10.2 Å². The van der Waals surface area contributed by atoms with Crippen LogP contribution < -0.4 is 5.32 Å². The lowest BCUT2D eigenvalue weighted by Crippen LogP contribution is -2.39. The summed E-state index contributed by atoms with van der Waals surface area (Å²) in [4.78, 5) is 2.57. The van der Waals surface area contributed by atoms with Gasteiger partial charge in [0.1, 0.15) is 0 Å². The fraction of sp³-hybridized carbons (Fsp3) is 0.700. The summed E-state index contributed by atoms with van der Waals surface area (Å²) in [7, 11) is 0. The van der Waals surface area contributed by atoms with Crippen molar-refractivity contribution in [3.63, 3.8) is 0 Å². The van der Waals surface area contributed by atoms with Crippen molar-refractivity contribution in [2.45, 2.75) is 51.2 Å². The van der Waals surface area contributed by atoms with E-state index >= 15 is 0 Å². The van der Waals surface area contributed by atoms with Gasteiger partial charge in [-0.3, -0.25) is 0 Å². The Morgan fingerprint density at radius 3 is 2.26 bits per heavy atom. The van der Waals surface area contributed by atoms with Gasteiger partial charge in [-0.2, -0.15) is 0 Å². The molecule has 1 aromatic carbocycles. The molecule has 3 nitrogen and oxygen atoms in total. The van der Waals surface area contributed by atoms with Gasteiger partial charge in [-0.05, 0) is 62.5 Å². The zero-order chi connectivity index (χ0) is 15.9. The van der Waals surface area contributed by atoms with E-state index in [-0.39, 0.29) is 6.10 Å². The monoisotopic (exact) mass is 316 g/mol. The van der Waals surface area contributed by atoms with Crippen LogP contribution in [0.15, 0.2) is 30.3 Å². The summed E-state index contributed by atoms with van der Waals surface area (Å²) in [6.07, 6.45) is 7.43. The van der Waals surface area contributed by atoms with Gasteiger partial charge in [0.25, 0.3) is 0 Å². The number of hydrogen-bond donors (Lipinski definition) is 2. The van der Waals surface area contributed by atoms with Crippen LogP contribution in [0, 0.1) is 11.8 Å². The van der Waals surface area contributed by atoms with E-state index < -0.39 is 0 Å². The van der Waals surface area contributed by atoms with Crippen LogP contribution in [0.4, 0.5) is 0 Å². The van der Waals surface area contributed by atoms with Crippen molar-refractivity contribution in [3.05, 3.63) is 35.9 Å². The molecule has 1 aliphatic carbocycles. The summed E-state index contributed by atoms with van der Waals surface area (Å²) in [5.41, 5.74) is 1.38. The number of nitrogens with one attached hydrogen (secondary N) is 1. The van der Waals surface area contributed by atoms with Gasteiger partial charge >= 0.3 is 0 Å². The van der Waals surface area contributed by atoms with Gasteiger partial charge in [0.2, 0.25) is 0 Å². The molecule has 0 radical (unpaired) electrons. The maximum atomic E-state index is 9.60. The number of benzene rings is 1. The normalized spacial score (nSPS) is 27.2. The van der Waals surface area contributed by atoms with Crippen molar-refractivity contribution in [3.8, 4) is 0 Å². The van der Waals surface area contributed by atoms with Crippen molar-refractivity contribution >= 4 is 0 Å². The Balaban J connectivity index is 1.29. The highest BCUT2D eigenvalue weighted by molar-refractivity contribution is 5.14. The molecular weight excluding hydrogens is 284 g/mol. The molecule has 3 heteroatoms. The van der Waals surface area contributed by atoms with E-state index in [1.54, 1.807) is 0 Å². The van der Waals surface area contributed by atoms with Crippen LogP contribution in [0.2, 0.25) is 0 Å². The van der Waals surface area contributed by atoms with Crippen molar-refractivity contribution in [2.75, 3.05) is 26.2 Å². The second-order valence-electron chi connectivity index (χ2n) is 7.54. The van der Waals surface area contributed by atoms with Crippen LogP contribution >= 0.6 is 0 Å². The first-order chi connectivity index (χ1) is 11.3. The molecule has 0 atom stereocenters. The zero-order valence-electron chi connectivity index (χ0n) is 14.3. The lowest BCUT2D eigenvalue weighted by molar-refractivity contribution is 0.0687. The Morgan fingerprint density at radius 1 is 0.913 bits per heavy atom. The predicted molar refractivity (Wildman–Crippen MR) is 95.3 cm³/mol. The summed E-state index contributed by atoms with van der Waals surface area (Å²) in [6, 6.07) is 10.7. The Hall–Kier alpha value is -0.900. The number of rotatable bonds is 6. The molecule has 2 fully saturated rings. The first kappa shape index (κ1) is 16.9. The fourth-order valence-corrected chi connectivity index (χ4v) is 4.10. The Bertz CT molecular complexity index is 434. The first-order valence-corrected chi connectivity index (χ1v) is 9.44. The van der Waals surface area contributed by atoms with E-state index in [4.69, 9.17) is 0 Å². The number of aliphatic hydroxyl groups excluding tert-OH is 1. The van der Waals surface area contributed by atoms with Crippen molar-refractivity contribution in [1.29, 1.82) is 0 Å². The molecule has 1 saturated carbocycles. The Morgan fingerprint density at radius 2 is 1.57 bits per heavy atom. The first-order valence-electron chi connectivity index (χ1n) is 9.44. The topological polar surface area (TPSA) is 35.5 Å². The fourth-order valence-electron chi connectivity index (χ4n) is 4.10. The minimum atomic E-state index is -0.0438. The van der Waals surface area contributed by atoms with Crippen LogP contribution in [0.3, 0.4) is 0 Å². The molecule has 1 saturated heterocycles. The Labute approximate surface area is 141 Å². The van der Waals surface area contributed by atoms with Crippen LogP contribution in [0.25, 0.3) is 0 Å². The molecule has 2 aliphatic rings. The lowest BCUT2D eigenvalue weighted by Gasteiger charge is -2.35. The highest BCUT2D eigenvalue weighted by Crippen LogP contribution is 2.29. The third-order valence-corrected chi connectivity index (χ3v) is 5.64. The highest BCUT2D eigenvalue weighted by atomic mass is 16.3. The molecule has 0 spiro atoms. The molecule has 0 bridgehead atoms. The van der Waals surface area contributed by atoms with E-state index in [0.29, 0.717) is 0 Å². The highest BCUT2D eigenvalue weighted by Gasteiger charge is 2.24. The van der Waals surface area contributed by atoms with E-state index in [9.17, 15) is 5.11 Å². The Kier molecular flexibility index (Phi) is 6.49. The SMILES string of the molecule is OC1CCN(CC2CCC(CNCc3ccccc3)CC2)CC1. The summed E-state index contributed by atoms with van der Waals surface area (Å²) in [5.74, 6) is 1.74. The molecule has 0 unspecified atom stereocenters. The van der Waals surface area contributed by atoms with Gasteiger partial charge in [0.15, 0.2) is 0 Å². The van der Waals surface area contributed by atoms with Gasteiger partial charge in [-0.15, -0.1) is 0 Å². The number of likely N-dealkylation sites (tertiary alicyclic amines) is 1. The number of nitrogens with zero attached hydrogens (tertiary/aromatic N) is 1. The number of piperidine rings is 1. The lowest BCUT2D eigenvalue weighted by atomic mass is 9.81. The predicted octanol–water partition coefficient (Wildman–Crippen LogP) is 3.04. The molecule has 1 aliphatic heterocycles. The quantitative estimate of drug-likeness (QED) is 0.847. The summed E-state index contributed by atoms with van der Waals surface area (Å²) in [5, 5.41) is 13.2. The van der Waals surface area contributed by atoms with Gasteiger partial charge in [0.05, 0.1) is 6.10 Å². The van der Waals surface area contributed by atoms with Crippen LogP contribution in [0.5, 0.6) is 0 Å². The number of aliphatic hydroxyl groups is 1. The van der Waals surface area contributed by atoms with Crippen LogP contribution in [-0.4, -0.2) is 42.3 Å². The molecule has 2 N–H and O–H groups in total.